The number of nitrogens with zero attached hydrogens (tertiary/aromatic N) is 1. The molecular weight excluding hydrogens is 278 g/mol. The van der Waals surface area contributed by atoms with Gasteiger partial charge in [-0.15, -0.1) is 0 Å². The highest BCUT2D eigenvalue weighted by atomic mass is 16.2. The third kappa shape index (κ3) is 5.15. The summed E-state index contributed by atoms with van der Waals surface area (Å²) in [5.41, 5.74) is 6.71. The Morgan fingerprint density at radius 2 is 1.91 bits per heavy atom. The molecule has 1 aromatic carbocycles. The second kappa shape index (κ2) is 8.54. The van der Waals surface area contributed by atoms with Gasteiger partial charge in [-0.3, -0.25) is 9.59 Å². The summed E-state index contributed by atoms with van der Waals surface area (Å²) < 4.78 is 0. The Kier molecular flexibility index (Phi) is 7.05. The Morgan fingerprint density at radius 1 is 1.27 bits per heavy atom. The van der Waals surface area contributed by atoms with Gasteiger partial charge < -0.3 is 16.0 Å². The molecule has 1 unspecified atom stereocenters. The van der Waals surface area contributed by atoms with Gasteiger partial charge in [0.25, 0.3) is 11.8 Å². The molecular formula is C17H27N3O2. The molecule has 1 atom stereocenters. The van der Waals surface area contributed by atoms with Crippen LogP contribution in [0, 0.1) is 5.92 Å². The van der Waals surface area contributed by atoms with Crippen LogP contribution in [0.3, 0.4) is 0 Å². The van der Waals surface area contributed by atoms with Crippen molar-refractivity contribution in [1.82, 2.24) is 10.2 Å². The van der Waals surface area contributed by atoms with Gasteiger partial charge in [-0.1, -0.05) is 19.9 Å². The van der Waals surface area contributed by atoms with Crippen LogP contribution in [0.25, 0.3) is 0 Å². The van der Waals surface area contributed by atoms with Gasteiger partial charge in [-0.05, 0) is 37.5 Å². The van der Waals surface area contributed by atoms with E-state index in [-0.39, 0.29) is 17.9 Å². The van der Waals surface area contributed by atoms with Gasteiger partial charge in [0.1, 0.15) is 0 Å². The third-order valence-corrected chi connectivity index (χ3v) is 3.57. The first-order chi connectivity index (χ1) is 10.4. The molecule has 122 valence electrons. The summed E-state index contributed by atoms with van der Waals surface area (Å²) in [6.45, 7) is 7.12. The Labute approximate surface area is 132 Å². The molecule has 22 heavy (non-hydrogen) atoms. The largest absolute Gasteiger partial charge is 0.348 e. The molecule has 0 bridgehead atoms. The number of hydrogen-bond donors (Lipinski definition) is 2. The first kappa shape index (κ1) is 18.2. The first-order valence-corrected chi connectivity index (χ1v) is 7.75. The minimum absolute atomic E-state index is 0.0508. The van der Waals surface area contributed by atoms with Crippen molar-refractivity contribution in [2.24, 2.45) is 11.7 Å². The molecule has 1 aromatic rings. The zero-order chi connectivity index (χ0) is 16.7. The van der Waals surface area contributed by atoms with E-state index in [9.17, 15) is 9.59 Å². The lowest BCUT2D eigenvalue weighted by molar-refractivity contribution is 0.0802. The number of hydrogen-bond acceptors (Lipinski definition) is 3. The molecule has 0 aliphatic heterocycles. The van der Waals surface area contributed by atoms with Crippen molar-refractivity contribution in [2.45, 2.75) is 33.2 Å². The van der Waals surface area contributed by atoms with Gasteiger partial charge in [-0.2, -0.15) is 0 Å². The maximum Gasteiger partial charge on any atom is 0.253 e. The molecule has 3 N–H and O–H groups in total. The number of carbonyl (C=O) groups excluding carboxylic acids is 2. The number of amides is 2. The van der Waals surface area contributed by atoms with E-state index in [0.717, 1.165) is 6.42 Å². The topological polar surface area (TPSA) is 75.4 Å². The summed E-state index contributed by atoms with van der Waals surface area (Å²) in [5, 5.41) is 2.93. The summed E-state index contributed by atoms with van der Waals surface area (Å²) in [6.07, 6.45) is 0.833. The molecule has 0 aliphatic carbocycles. The SMILES string of the molecule is CCN(C)C(=O)c1cccc(C(=O)NC(CN)CC(C)C)c1. The lowest BCUT2D eigenvalue weighted by Gasteiger charge is -2.19. The second-order valence-corrected chi connectivity index (χ2v) is 5.94. The van der Waals surface area contributed by atoms with Crippen LogP contribution < -0.4 is 11.1 Å². The van der Waals surface area contributed by atoms with E-state index in [1.807, 2.05) is 6.92 Å². The van der Waals surface area contributed by atoms with Crippen LogP contribution in [-0.4, -0.2) is 42.9 Å². The minimum Gasteiger partial charge on any atom is -0.348 e. The van der Waals surface area contributed by atoms with Crippen molar-refractivity contribution in [2.75, 3.05) is 20.1 Å². The predicted molar refractivity (Wildman–Crippen MR) is 88.8 cm³/mol. The van der Waals surface area contributed by atoms with Crippen LogP contribution in [0.15, 0.2) is 24.3 Å². The maximum absolute atomic E-state index is 12.3. The van der Waals surface area contributed by atoms with E-state index in [0.29, 0.717) is 30.1 Å². The molecule has 2 amide bonds. The van der Waals surface area contributed by atoms with Crippen molar-refractivity contribution in [3.8, 4) is 0 Å². The molecule has 0 saturated heterocycles. The monoisotopic (exact) mass is 305 g/mol. The van der Waals surface area contributed by atoms with E-state index in [2.05, 4.69) is 19.2 Å². The summed E-state index contributed by atoms with van der Waals surface area (Å²) in [5.74, 6) is 0.180. The Balaban J connectivity index is 2.84. The van der Waals surface area contributed by atoms with Crippen LogP contribution in [0.1, 0.15) is 47.9 Å². The van der Waals surface area contributed by atoms with Gasteiger partial charge in [0, 0.05) is 37.3 Å². The number of rotatable bonds is 7. The Bertz CT molecular complexity index is 514. The average molecular weight is 305 g/mol. The van der Waals surface area contributed by atoms with E-state index in [1.165, 1.54) is 0 Å². The minimum atomic E-state index is -0.190. The quantitative estimate of drug-likeness (QED) is 0.807. The van der Waals surface area contributed by atoms with E-state index in [1.54, 1.807) is 36.2 Å². The van der Waals surface area contributed by atoms with Crippen LogP contribution in [0.2, 0.25) is 0 Å². The van der Waals surface area contributed by atoms with Crippen molar-refractivity contribution < 1.29 is 9.59 Å². The van der Waals surface area contributed by atoms with Crippen molar-refractivity contribution in [3.63, 3.8) is 0 Å². The lowest BCUT2D eigenvalue weighted by atomic mass is 10.0. The highest BCUT2D eigenvalue weighted by Gasteiger charge is 2.16. The van der Waals surface area contributed by atoms with Gasteiger partial charge in [0.2, 0.25) is 0 Å². The van der Waals surface area contributed by atoms with Crippen LogP contribution in [0.4, 0.5) is 0 Å². The predicted octanol–water partition coefficient (Wildman–Crippen LogP) is 1.88. The number of nitrogens with two attached hydrogens (primary N) is 1. The third-order valence-electron chi connectivity index (χ3n) is 3.57. The summed E-state index contributed by atoms with van der Waals surface area (Å²) >= 11 is 0. The normalized spacial score (nSPS) is 12.1. The number of carbonyl (C=O) groups is 2. The van der Waals surface area contributed by atoms with Gasteiger partial charge >= 0.3 is 0 Å². The van der Waals surface area contributed by atoms with Gasteiger partial charge in [-0.25, -0.2) is 0 Å². The van der Waals surface area contributed by atoms with Crippen molar-refractivity contribution >= 4 is 11.8 Å². The van der Waals surface area contributed by atoms with Gasteiger partial charge in [0.05, 0.1) is 0 Å². The van der Waals surface area contributed by atoms with Crippen molar-refractivity contribution in [1.29, 1.82) is 0 Å². The number of nitrogens with one attached hydrogen (secondary N) is 1. The maximum atomic E-state index is 12.3. The van der Waals surface area contributed by atoms with Crippen molar-refractivity contribution in [3.05, 3.63) is 35.4 Å². The summed E-state index contributed by atoms with van der Waals surface area (Å²) in [6, 6.07) is 6.74. The molecule has 5 heteroatoms. The molecule has 5 nitrogen and oxygen atoms in total. The molecule has 0 fully saturated rings. The zero-order valence-corrected chi connectivity index (χ0v) is 13.9. The van der Waals surface area contributed by atoms with Gasteiger partial charge in [0.15, 0.2) is 0 Å². The average Bonchev–Trinajstić information content (AvgIpc) is 2.52. The van der Waals surface area contributed by atoms with E-state index in [4.69, 9.17) is 5.73 Å². The summed E-state index contributed by atoms with van der Waals surface area (Å²) in [4.78, 5) is 26.1. The fraction of sp³-hybridized carbons (Fsp3) is 0.529. The fourth-order valence-corrected chi connectivity index (χ4v) is 2.21. The Morgan fingerprint density at radius 3 is 2.45 bits per heavy atom. The highest BCUT2D eigenvalue weighted by Crippen LogP contribution is 2.10. The first-order valence-electron chi connectivity index (χ1n) is 7.75. The number of benzene rings is 1. The van der Waals surface area contributed by atoms with E-state index >= 15 is 0 Å². The zero-order valence-electron chi connectivity index (χ0n) is 13.9. The fourth-order valence-electron chi connectivity index (χ4n) is 2.21. The molecule has 0 radical (unpaired) electrons. The molecule has 0 heterocycles. The molecule has 0 saturated carbocycles. The van der Waals surface area contributed by atoms with E-state index < -0.39 is 0 Å². The Hall–Kier alpha value is -1.88. The smallest absolute Gasteiger partial charge is 0.253 e. The molecule has 0 aromatic heterocycles. The standard InChI is InChI=1S/C17H27N3O2/c1-5-20(4)17(22)14-8-6-7-13(10-14)16(21)19-15(11-18)9-12(2)3/h6-8,10,12,15H,5,9,11,18H2,1-4H3,(H,19,21). The van der Waals surface area contributed by atoms with Crippen LogP contribution in [0.5, 0.6) is 0 Å². The molecule has 0 aliphatic rings. The lowest BCUT2D eigenvalue weighted by Crippen LogP contribution is -2.41. The molecule has 0 spiro atoms. The summed E-state index contributed by atoms with van der Waals surface area (Å²) in [7, 11) is 1.74. The highest BCUT2D eigenvalue weighted by molar-refractivity contribution is 5.99. The second-order valence-electron chi connectivity index (χ2n) is 5.94. The molecule has 1 rings (SSSR count). The van der Waals surface area contributed by atoms with Crippen LogP contribution >= 0.6 is 0 Å². The van der Waals surface area contributed by atoms with Crippen LogP contribution in [-0.2, 0) is 0 Å².